The molecule has 1 N–H and O–H groups in total. The number of ether oxygens (including phenoxy) is 1. The van der Waals surface area contributed by atoms with E-state index in [-0.39, 0.29) is 11.8 Å². The average molecular weight is 504 g/mol. The van der Waals surface area contributed by atoms with Crippen molar-refractivity contribution < 1.29 is 14.3 Å². The fraction of sp³-hybridized carbons (Fsp3) is 0.714. The van der Waals surface area contributed by atoms with Crippen molar-refractivity contribution >= 4 is 23.4 Å². The molecule has 2 aliphatic heterocycles. The highest BCUT2D eigenvalue weighted by Crippen LogP contribution is 2.35. The van der Waals surface area contributed by atoms with Crippen LogP contribution in [0.2, 0.25) is 5.02 Å². The predicted molar refractivity (Wildman–Crippen MR) is 140 cm³/mol. The van der Waals surface area contributed by atoms with Gasteiger partial charge in [0.1, 0.15) is 17.3 Å². The van der Waals surface area contributed by atoms with Gasteiger partial charge in [0.05, 0.1) is 6.10 Å². The summed E-state index contributed by atoms with van der Waals surface area (Å²) in [6.07, 6.45) is 8.97. The van der Waals surface area contributed by atoms with Gasteiger partial charge in [-0.15, -0.1) is 0 Å². The number of halogens is 1. The lowest BCUT2D eigenvalue weighted by Crippen LogP contribution is -2.73. The van der Waals surface area contributed by atoms with Gasteiger partial charge in [-0.05, 0) is 75.0 Å². The van der Waals surface area contributed by atoms with Crippen LogP contribution >= 0.6 is 11.6 Å². The van der Waals surface area contributed by atoms with Crippen molar-refractivity contribution in [2.24, 2.45) is 5.92 Å². The van der Waals surface area contributed by atoms with E-state index < -0.39 is 11.6 Å². The summed E-state index contributed by atoms with van der Waals surface area (Å²) in [5, 5.41) is 3.82. The topological polar surface area (TPSA) is 61.9 Å². The Bertz CT molecular complexity index is 891. The Labute approximate surface area is 215 Å². The lowest BCUT2D eigenvalue weighted by molar-refractivity contribution is -0.161. The van der Waals surface area contributed by atoms with Crippen molar-refractivity contribution in [3.05, 3.63) is 28.8 Å². The Kier molecular flexibility index (Phi) is 8.64. The monoisotopic (exact) mass is 503 g/mol. The number of carbonyl (C=O) groups excluding carboxylic acids is 2. The van der Waals surface area contributed by atoms with Crippen molar-refractivity contribution in [3.8, 4) is 5.75 Å². The summed E-state index contributed by atoms with van der Waals surface area (Å²) in [4.78, 5) is 31.1. The number of piperazine rings is 1. The van der Waals surface area contributed by atoms with Gasteiger partial charge in [0.2, 0.25) is 11.8 Å². The van der Waals surface area contributed by atoms with E-state index in [1.165, 1.54) is 12.8 Å². The molecule has 0 radical (unpaired) electrons. The van der Waals surface area contributed by atoms with Crippen LogP contribution in [0.1, 0.15) is 84.1 Å². The van der Waals surface area contributed by atoms with E-state index in [9.17, 15) is 9.59 Å². The largest absolute Gasteiger partial charge is 0.490 e. The zero-order chi connectivity index (χ0) is 25.0. The van der Waals surface area contributed by atoms with E-state index in [0.29, 0.717) is 37.8 Å². The highest BCUT2D eigenvalue weighted by molar-refractivity contribution is 6.31. The van der Waals surface area contributed by atoms with Crippen molar-refractivity contribution in [2.45, 2.75) is 103 Å². The van der Waals surface area contributed by atoms with Crippen molar-refractivity contribution in [1.82, 2.24) is 15.1 Å². The molecule has 35 heavy (non-hydrogen) atoms. The Hall–Kier alpha value is -1.79. The fourth-order valence-corrected chi connectivity index (χ4v) is 6.12. The van der Waals surface area contributed by atoms with Crippen LogP contribution in [0.5, 0.6) is 5.75 Å². The Morgan fingerprint density at radius 1 is 1.17 bits per heavy atom. The van der Waals surface area contributed by atoms with Crippen LogP contribution < -0.4 is 10.1 Å². The Morgan fingerprint density at radius 3 is 2.51 bits per heavy atom. The van der Waals surface area contributed by atoms with Gasteiger partial charge in [-0.1, -0.05) is 44.9 Å². The van der Waals surface area contributed by atoms with Crippen LogP contribution in [-0.2, 0) is 16.1 Å². The molecule has 1 atom stereocenters. The third kappa shape index (κ3) is 5.96. The number of likely N-dealkylation sites (tertiary alicyclic amines) is 1. The van der Waals surface area contributed by atoms with E-state index >= 15 is 0 Å². The lowest BCUT2D eigenvalue weighted by Gasteiger charge is -2.52. The van der Waals surface area contributed by atoms with E-state index in [1.54, 1.807) is 0 Å². The summed E-state index contributed by atoms with van der Waals surface area (Å²) in [5.74, 6) is 1.34. The number of amides is 2. The number of nitrogens with zero attached hydrogens (tertiary/aromatic N) is 2. The molecule has 3 fully saturated rings. The number of benzene rings is 1. The number of hydrogen-bond donors (Lipinski definition) is 1. The molecule has 1 unspecified atom stereocenters. The zero-order valence-corrected chi connectivity index (χ0v) is 22.4. The minimum atomic E-state index is -0.723. The SMILES string of the molecule is CCCCN1C(=O)C(CC(C)C)NC(=O)C12CCN(Cc1ccc(OC3CCCC3)cc1Cl)CC2. The van der Waals surface area contributed by atoms with Crippen molar-refractivity contribution in [3.63, 3.8) is 0 Å². The molecular formula is C28H42ClN3O3. The van der Waals surface area contributed by atoms with Gasteiger partial charge in [-0.2, -0.15) is 0 Å². The molecule has 6 nitrogen and oxygen atoms in total. The summed E-state index contributed by atoms with van der Waals surface area (Å²) >= 11 is 6.63. The van der Waals surface area contributed by atoms with E-state index in [2.05, 4.69) is 37.1 Å². The van der Waals surface area contributed by atoms with Crippen LogP contribution in [0.3, 0.4) is 0 Å². The van der Waals surface area contributed by atoms with Gasteiger partial charge in [0, 0.05) is 31.2 Å². The molecule has 2 amide bonds. The van der Waals surface area contributed by atoms with Crippen LogP contribution in [-0.4, -0.2) is 58.9 Å². The standard InChI is InChI=1S/C28H42ClN3O3/c1-4-5-14-32-26(33)25(17-20(2)3)30-27(34)28(32)12-15-31(16-13-28)19-21-10-11-23(18-24(21)29)35-22-8-6-7-9-22/h10-11,18,20,22,25H,4-9,12-17,19H2,1-3H3,(H,30,34). The van der Waals surface area contributed by atoms with E-state index in [4.69, 9.17) is 16.3 Å². The van der Waals surface area contributed by atoms with Crippen molar-refractivity contribution in [1.29, 1.82) is 0 Å². The maximum absolute atomic E-state index is 13.4. The lowest BCUT2D eigenvalue weighted by atomic mass is 9.80. The van der Waals surface area contributed by atoms with E-state index in [1.807, 2.05) is 17.0 Å². The summed E-state index contributed by atoms with van der Waals surface area (Å²) in [7, 11) is 0. The quantitative estimate of drug-likeness (QED) is 0.505. The molecule has 1 aliphatic carbocycles. The summed E-state index contributed by atoms with van der Waals surface area (Å²) < 4.78 is 6.09. The molecule has 4 rings (SSSR count). The predicted octanol–water partition coefficient (Wildman–Crippen LogP) is 5.17. The van der Waals surface area contributed by atoms with Gasteiger partial charge in [-0.25, -0.2) is 0 Å². The maximum Gasteiger partial charge on any atom is 0.246 e. The summed E-state index contributed by atoms with van der Waals surface area (Å²) in [6, 6.07) is 5.64. The number of carbonyl (C=O) groups is 2. The third-order valence-corrected chi connectivity index (χ3v) is 8.31. The second-order valence-electron chi connectivity index (χ2n) is 11.1. The number of unbranched alkanes of at least 4 members (excludes halogenated alkanes) is 1. The minimum Gasteiger partial charge on any atom is -0.490 e. The van der Waals surface area contributed by atoms with Gasteiger partial charge in [0.15, 0.2) is 0 Å². The molecule has 194 valence electrons. The molecule has 0 aromatic heterocycles. The summed E-state index contributed by atoms with van der Waals surface area (Å²) in [6.45, 7) is 9.23. The second-order valence-corrected chi connectivity index (χ2v) is 11.5. The molecule has 1 aromatic rings. The Morgan fingerprint density at radius 2 is 1.89 bits per heavy atom. The molecular weight excluding hydrogens is 462 g/mol. The van der Waals surface area contributed by atoms with Crippen molar-refractivity contribution in [2.75, 3.05) is 19.6 Å². The van der Waals surface area contributed by atoms with Crippen LogP contribution in [0.4, 0.5) is 0 Å². The third-order valence-electron chi connectivity index (χ3n) is 7.96. The van der Waals surface area contributed by atoms with Crippen LogP contribution in [0.25, 0.3) is 0 Å². The minimum absolute atomic E-state index is 0.0324. The molecule has 7 heteroatoms. The molecule has 3 aliphatic rings. The smallest absolute Gasteiger partial charge is 0.246 e. The number of piperidine rings is 1. The number of hydrogen-bond acceptors (Lipinski definition) is 4. The number of rotatable bonds is 9. The molecule has 1 aromatic carbocycles. The first-order valence-electron chi connectivity index (χ1n) is 13.6. The molecule has 2 heterocycles. The first-order valence-corrected chi connectivity index (χ1v) is 14.0. The van der Waals surface area contributed by atoms with Gasteiger partial charge in [-0.3, -0.25) is 14.5 Å². The average Bonchev–Trinajstić information content (AvgIpc) is 3.33. The normalized spacial score (nSPS) is 23.3. The van der Waals surface area contributed by atoms with E-state index in [0.717, 1.165) is 61.7 Å². The van der Waals surface area contributed by atoms with Gasteiger partial charge >= 0.3 is 0 Å². The highest BCUT2D eigenvalue weighted by Gasteiger charge is 2.53. The zero-order valence-electron chi connectivity index (χ0n) is 21.7. The van der Waals surface area contributed by atoms with Crippen LogP contribution in [0.15, 0.2) is 18.2 Å². The molecule has 0 bridgehead atoms. The van der Waals surface area contributed by atoms with Gasteiger partial charge in [0.25, 0.3) is 0 Å². The molecule has 2 saturated heterocycles. The number of nitrogens with one attached hydrogen (secondary N) is 1. The molecule has 1 saturated carbocycles. The fourth-order valence-electron chi connectivity index (χ4n) is 5.89. The Balaban J connectivity index is 1.40. The first kappa shape index (κ1) is 26.3. The second kappa shape index (κ2) is 11.5. The summed E-state index contributed by atoms with van der Waals surface area (Å²) in [5.41, 5.74) is 0.351. The highest BCUT2D eigenvalue weighted by atomic mass is 35.5. The van der Waals surface area contributed by atoms with Gasteiger partial charge < -0.3 is 15.0 Å². The van der Waals surface area contributed by atoms with Crippen LogP contribution in [0, 0.1) is 5.92 Å². The maximum atomic E-state index is 13.4. The first-order chi connectivity index (χ1) is 16.8. The molecule has 1 spiro atoms.